The summed E-state index contributed by atoms with van der Waals surface area (Å²) in [5.74, 6) is -0.166. The maximum absolute atomic E-state index is 12.0. The molecule has 110 valence electrons. The third-order valence-corrected chi connectivity index (χ3v) is 2.89. The molecule has 0 bridgehead atoms. The molecule has 0 aliphatic heterocycles. The molecule has 3 nitrogen and oxygen atoms in total. The van der Waals surface area contributed by atoms with Crippen LogP contribution in [0, 0.1) is 0 Å². The van der Waals surface area contributed by atoms with Crippen molar-refractivity contribution in [2.24, 2.45) is 0 Å². The number of carbonyl (C=O) groups is 1. The van der Waals surface area contributed by atoms with Crippen LogP contribution in [-0.2, 0) is 11.2 Å². The van der Waals surface area contributed by atoms with Crippen LogP contribution in [0.5, 0.6) is 5.75 Å². The Morgan fingerprint density at radius 1 is 1.10 bits per heavy atom. The van der Waals surface area contributed by atoms with E-state index in [1.54, 1.807) is 24.3 Å². The number of halogens is 3. The van der Waals surface area contributed by atoms with Crippen LogP contribution in [0.2, 0.25) is 5.02 Å². The smallest absolute Gasteiger partial charge is 0.387 e. The minimum Gasteiger partial charge on any atom is -0.435 e. The molecule has 0 aliphatic carbocycles. The van der Waals surface area contributed by atoms with Crippen LogP contribution < -0.4 is 10.1 Å². The van der Waals surface area contributed by atoms with E-state index in [2.05, 4.69) is 10.1 Å². The number of alkyl halides is 2. The number of nitrogens with one attached hydrogen (secondary N) is 1. The van der Waals surface area contributed by atoms with Crippen molar-refractivity contribution in [3.05, 3.63) is 59.1 Å². The Balaban J connectivity index is 1.91. The van der Waals surface area contributed by atoms with Crippen molar-refractivity contribution in [3.8, 4) is 5.75 Å². The van der Waals surface area contributed by atoms with Gasteiger partial charge < -0.3 is 10.1 Å². The number of anilines is 1. The zero-order chi connectivity index (χ0) is 15.2. The van der Waals surface area contributed by atoms with Gasteiger partial charge in [-0.15, -0.1) is 0 Å². The first-order valence-corrected chi connectivity index (χ1v) is 6.50. The fourth-order valence-corrected chi connectivity index (χ4v) is 1.84. The van der Waals surface area contributed by atoms with Gasteiger partial charge in [-0.3, -0.25) is 4.79 Å². The largest absolute Gasteiger partial charge is 0.435 e. The highest BCUT2D eigenvalue weighted by molar-refractivity contribution is 6.30. The van der Waals surface area contributed by atoms with Gasteiger partial charge in [-0.1, -0.05) is 23.7 Å². The molecule has 0 aromatic heterocycles. The molecule has 0 spiro atoms. The summed E-state index contributed by atoms with van der Waals surface area (Å²) in [7, 11) is 0. The van der Waals surface area contributed by atoms with Gasteiger partial charge >= 0.3 is 6.61 Å². The number of amides is 1. The molecule has 0 atom stereocenters. The van der Waals surface area contributed by atoms with Gasteiger partial charge in [-0.25, -0.2) is 0 Å². The molecule has 2 aromatic carbocycles. The minimum atomic E-state index is -2.87. The van der Waals surface area contributed by atoms with Crippen LogP contribution in [-0.4, -0.2) is 12.5 Å². The summed E-state index contributed by atoms with van der Waals surface area (Å²) in [5, 5.41) is 3.28. The van der Waals surface area contributed by atoms with Crippen LogP contribution in [0.25, 0.3) is 0 Å². The van der Waals surface area contributed by atoms with Crippen LogP contribution in [0.15, 0.2) is 48.5 Å². The molecule has 1 N–H and O–H groups in total. The number of hydrogen-bond acceptors (Lipinski definition) is 2. The summed E-state index contributed by atoms with van der Waals surface area (Å²) in [4.78, 5) is 11.8. The maximum Gasteiger partial charge on any atom is 0.387 e. The summed E-state index contributed by atoms with van der Waals surface area (Å²) in [6.45, 7) is -2.87. The van der Waals surface area contributed by atoms with Crippen LogP contribution in [0.4, 0.5) is 14.5 Å². The molecule has 0 unspecified atom stereocenters. The maximum atomic E-state index is 12.0. The van der Waals surface area contributed by atoms with E-state index in [1.807, 2.05) is 0 Å². The highest BCUT2D eigenvalue weighted by Gasteiger charge is 2.06. The van der Waals surface area contributed by atoms with Crippen molar-refractivity contribution in [3.63, 3.8) is 0 Å². The number of benzene rings is 2. The Kier molecular flexibility index (Phi) is 5.11. The zero-order valence-corrected chi connectivity index (χ0v) is 11.6. The Labute approximate surface area is 125 Å². The second kappa shape index (κ2) is 7.04. The first-order chi connectivity index (χ1) is 10.0. The molecule has 21 heavy (non-hydrogen) atoms. The van der Waals surface area contributed by atoms with E-state index < -0.39 is 6.61 Å². The van der Waals surface area contributed by atoms with E-state index in [4.69, 9.17) is 11.6 Å². The first kappa shape index (κ1) is 15.3. The number of hydrogen-bond donors (Lipinski definition) is 1. The number of ether oxygens (including phenoxy) is 1. The molecular weight excluding hydrogens is 300 g/mol. The molecule has 2 aromatic rings. The van der Waals surface area contributed by atoms with Gasteiger partial charge in [0.1, 0.15) is 5.75 Å². The predicted octanol–water partition coefficient (Wildman–Crippen LogP) is 4.12. The monoisotopic (exact) mass is 311 g/mol. The third-order valence-electron chi connectivity index (χ3n) is 2.64. The Bertz CT molecular complexity index is 600. The standard InChI is InChI=1S/C15H12ClF2NO2/c16-11-3-1-10(2-4-11)9-14(20)19-12-5-7-13(8-6-12)21-15(17)18/h1-8,15H,9H2,(H,19,20). The molecular formula is C15H12ClF2NO2. The van der Waals surface area contributed by atoms with Gasteiger partial charge in [0.25, 0.3) is 0 Å². The second-order valence-corrected chi connectivity index (χ2v) is 4.69. The molecule has 0 fully saturated rings. The topological polar surface area (TPSA) is 38.3 Å². The highest BCUT2D eigenvalue weighted by Crippen LogP contribution is 2.18. The molecule has 2 rings (SSSR count). The lowest BCUT2D eigenvalue weighted by Crippen LogP contribution is -2.14. The average Bonchev–Trinajstić information content (AvgIpc) is 2.43. The van der Waals surface area contributed by atoms with Gasteiger partial charge in [0, 0.05) is 10.7 Å². The van der Waals surface area contributed by atoms with E-state index in [9.17, 15) is 13.6 Å². The molecule has 0 heterocycles. The van der Waals surface area contributed by atoms with Crippen LogP contribution >= 0.6 is 11.6 Å². The highest BCUT2D eigenvalue weighted by atomic mass is 35.5. The fourth-order valence-electron chi connectivity index (χ4n) is 1.71. The summed E-state index contributed by atoms with van der Waals surface area (Å²) in [6.07, 6.45) is 0.201. The van der Waals surface area contributed by atoms with Crippen molar-refractivity contribution in [1.82, 2.24) is 0 Å². The van der Waals surface area contributed by atoms with E-state index in [0.717, 1.165) is 5.56 Å². The van der Waals surface area contributed by atoms with Gasteiger partial charge in [-0.05, 0) is 42.0 Å². The lowest BCUT2D eigenvalue weighted by molar-refractivity contribution is -0.115. The molecule has 0 saturated carbocycles. The van der Waals surface area contributed by atoms with E-state index in [1.165, 1.54) is 24.3 Å². The summed E-state index contributed by atoms with van der Waals surface area (Å²) < 4.78 is 28.2. The van der Waals surface area contributed by atoms with Crippen molar-refractivity contribution in [1.29, 1.82) is 0 Å². The predicted molar refractivity (Wildman–Crippen MR) is 76.9 cm³/mol. The zero-order valence-electron chi connectivity index (χ0n) is 10.9. The summed E-state index contributed by atoms with van der Waals surface area (Å²) >= 11 is 5.76. The lowest BCUT2D eigenvalue weighted by Gasteiger charge is -2.07. The third kappa shape index (κ3) is 5.04. The molecule has 0 aliphatic rings. The van der Waals surface area contributed by atoms with Crippen molar-refractivity contribution < 1.29 is 18.3 Å². The van der Waals surface area contributed by atoms with E-state index in [0.29, 0.717) is 10.7 Å². The molecule has 0 saturated heterocycles. The molecule has 6 heteroatoms. The molecule has 0 radical (unpaired) electrons. The van der Waals surface area contributed by atoms with Crippen molar-refractivity contribution >= 4 is 23.2 Å². The average molecular weight is 312 g/mol. The molecule has 1 amide bonds. The number of carbonyl (C=O) groups excluding carboxylic acids is 1. The van der Waals surface area contributed by atoms with Crippen LogP contribution in [0.3, 0.4) is 0 Å². The van der Waals surface area contributed by atoms with Crippen LogP contribution in [0.1, 0.15) is 5.56 Å². The summed E-state index contributed by atoms with van der Waals surface area (Å²) in [5.41, 5.74) is 1.34. The minimum absolute atomic E-state index is 0.0423. The van der Waals surface area contributed by atoms with Gasteiger partial charge in [0.15, 0.2) is 0 Å². The fraction of sp³-hybridized carbons (Fsp3) is 0.133. The van der Waals surface area contributed by atoms with Gasteiger partial charge in [0.05, 0.1) is 6.42 Å². The Morgan fingerprint density at radius 3 is 2.29 bits per heavy atom. The normalized spacial score (nSPS) is 10.5. The Hall–Kier alpha value is -2.14. The summed E-state index contributed by atoms with van der Waals surface area (Å²) in [6, 6.07) is 12.7. The SMILES string of the molecule is O=C(Cc1ccc(Cl)cc1)Nc1ccc(OC(F)F)cc1. The van der Waals surface area contributed by atoms with Crippen molar-refractivity contribution in [2.75, 3.05) is 5.32 Å². The van der Waals surface area contributed by atoms with E-state index >= 15 is 0 Å². The second-order valence-electron chi connectivity index (χ2n) is 4.25. The van der Waals surface area contributed by atoms with Gasteiger partial charge in [-0.2, -0.15) is 8.78 Å². The Morgan fingerprint density at radius 2 is 1.71 bits per heavy atom. The van der Waals surface area contributed by atoms with Gasteiger partial charge in [0.2, 0.25) is 5.91 Å². The van der Waals surface area contributed by atoms with Crippen molar-refractivity contribution in [2.45, 2.75) is 13.0 Å². The number of rotatable bonds is 5. The van der Waals surface area contributed by atoms with E-state index in [-0.39, 0.29) is 18.1 Å². The quantitative estimate of drug-likeness (QED) is 0.902. The first-order valence-electron chi connectivity index (χ1n) is 6.12. The lowest BCUT2D eigenvalue weighted by atomic mass is 10.1.